The number of hydrogen-bond acceptors (Lipinski definition) is 6. The third kappa shape index (κ3) is 5.20. The van der Waals surface area contributed by atoms with Crippen molar-refractivity contribution in [1.29, 1.82) is 0 Å². The first-order valence-corrected chi connectivity index (χ1v) is 11.0. The lowest BCUT2D eigenvalue weighted by atomic mass is 9.84. The number of carbonyl (C=O) groups excluding carboxylic acids is 1. The maximum atomic E-state index is 12.3. The van der Waals surface area contributed by atoms with Gasteiger partial charge in [0.05, 0.1) is 7.11 Å². The van der Waals surface area contributed by atoms with Gasteiger partial charge in [0.1, 0.15) is 18.3 Å². The zero-order valence-corrected chi connectivity index (χ0v) is 17.9. The first-order chi connectivity index (χ1) is 14.4. The molecule has 3 rings (SSSR count). The molecule has 1 saturated heterocycles. The van der Waals surface area contributed by atoms with Gasteiger partial charge in [-0.3, -0.25) is 19.8 Å². The lowest BCUT2D eigenvalue weighted by molar-refractivity contribution is -0.151. The van der Waals surface area contributed by atoms with E-state index in [0.717, 1.165) is 31.2 Å². The summed E-state index contributed by atoms with van der Waals surface area (Å²) in [7, 11) is 1.36. The number of benzene rings is 1. The van der Waals surface area contributed by atoms with E-state index >= 15 is 0 Å². The zero-order valence-electron chi connectivity index (χ0n) is 17.9. The van der Waals surface area contributed by atoms with Crippen LogP contribution in [0.25, 0.3) is 0 Å². The van der Waals surface area contributed by atoms with Gasteiger partial charge in [0.25, 0.3) is 0 Å². The summed E-state index contributed by atoms with van der Waals surface area (Å²) in [4.78, 5) is 26.0. The number of ether oxygens (including phenoxy) is 1. The van der Waals surface area contributed by atoms with Crippen molar-refractivity contribution in [2.45, 2.75) is 82.3 Å². The summed E-state index contributed by atoms with van der Waals surface area (Å²) in [6.07, 6.45) is 4.93. The highest BCUT2D eigenvalue weighted by Gasteiger charge is 2.49. The van der Waals surface area contributed by atoms with Gasteiger partial charge in [-0.25, -0.2) is 0 Å². The van der Waals surface area contributed by atoms with Crippen molar-refractivity contribution >= 4 is 11.9 Å². The average Bonchev–Trinajstić information content (AvgIpc) is 3.16. The van der Waals surface area contributed by atoms with Crippen LogP contribution < -0.4 is 5.32 Å². The van der Waals surface area contributed by atoms with E-state index in [1.165, 1.54) is 7.11 Å². The Morgan fingerprint density at radius 3 is 2.60 bits per heavy atom. The number of aliphatic hydroxyl groups excluding tert-OH is 1. The van der Waals surface area contributed by atoms with Crippen LogP contribution in [0.4, 0.5) is 0 Å². The molecule has 7 nitrogen and oxygen atoms in total. The molecule has 0 aromatic heterocycles. The number of esters is 1. The summed E-state index contributed by atoms with van der Waals surface area (Å²) in [6.45, 7) is 1.80. The fraction of sp³-hybridized carbons (Fsp3) is 0.652. The van der Waals surface area contributed by atoms with Crippen LogP contribution in [-0.2, 0) is 20.7 Å². The van der Waals surface area contributed by atoms with Crippen LogP contribution in [0.15, 0.2) is 30.3 Å². The quantitative estimate of drug-likeness (QED) is 0.529. The lowest BCUT2D eigenvalue weighted by Crippen LogP contribution is -2.58. The van der Waals surface area contributed by atoms with Crippen LogP contribution in [0.1, 0.15) is 51.0 Å². The number of carboxylic acids is 1. The molecule has 1 aromatic carbocycles. The van der Waals surface area contributed by atoms with Gasteiger partial charge in [-0.15, -0.1) is 0 Å². The van der Waals surface area contributed by atoms with Crippen molar-refractivity contribution in [2.75, 3.05) is 7.11 Å². The van der Waals surface area contributed by atoms with E-state index < -0.39 is 30.3 Å². The number of likely N-dealkylation sites (tertiary alicyclic amines) is 1. The van der Waals surface area contributed by atoms with Gasteiger partial charge >= 0.3 is 11.9 Å². The zero-order chi connectivity index (χ0) is 21.7. The van der Waals surface area contributed by atoms with Crippen LogP contribution >= 0.6 is 0 Å². The molecular formula is C23H34N2O5. The van der Waals surface area contributed by atoms with E-state index in [2.05, 4.69) is 5.32 Å². The third-order valence-corrected chi connectivity index (χ3v) is 6.69. The Bertz CT molecular complexity index is 713. The van der Waals surface area contributed by atoms with Crippen LogP contribution in [0.3, 0.4) is 0 Å². The predicted molar refractivity (Wildman–Crippen MR) is 113 cm³/mol. The van der Waals surface area contributed by atoms with E-state index in [9.17, 15) is 19.8 Å². The third-order valence-electron chi connectivity index (χ3n) is 6.69. The highest BCUT2D eigenvalue weighted by Crippen LogP contribution is 2.41. The number of rotatable bonds is 9. The van der Waals surface area contributed by atoms with Crippen LogP contribution in [0.2, 0.25) is 0 Å². The molecule has 1 saturated carbocycles. The summed E-state index contributed by atoms with van der Waals surface area (Å²) >= 11 is 0. The van der Waals surface area contributed by atoms with Crippen LogP contribution in [0.5, 0.6) is 0 Å². The molecule has 0 bridgehead atoms. The number of fused-ring (bicyclic) bond motifs is 1. The molecule has 0 radical (unpaired) electrons. The molecule has 1 aliphatic carbocycles. The molecule has 1 aromatic rings. The van der Waals surface area contributed by atoms with E-state index in [0.29, 0.717) is 25.2 Å². The molecule has 7 heteroatoms. The number of aliphatic hydroxyl groups is 1. The molecular weight excluding hydrogens is 384 g/mol. The summed E-state index contributed by atoms with van der Waals surface area (Å²) in [6, 6.07) is 8.24. The van der Waals surface area contributed by atoms with Crippen molar-refractivity contribution in [2.24, 2.45) is 5.92 Å². The first-order valence-electron chi connectivity index (χ1n) is 11.0. The molecule has 166 valence electrons. The highest BCUT2D eigenvalue weighted by atomic mass is 16.5. The summed E-state index contributed by atoms with van der Waals surface area (Å²) in [5.41, 5.74) is 1.12. The number of aliphatic carboxylic acids is 1. The normalized spacial score (nSPS) is 27.1. The monoisotopic (exact) mass is 418 g/mol. The maximum absolute atomic E-state index is 12.3. The van der Waals surface area contributed by atoms with Gasteiger partial charge in [0.2, 0.25) is 0 Å². The number of carboxylic acid groups (broad SMARTS) is 1. The van der Waals surface area contributed by atoms with E-state index in [4.69, 9.17) is 4.74 Å². The van der Waals surface area contributed by atoms with Crippen molar-refractivity contribution in [3.8, 4) is 0 Å². The van der Waals surface area contributed by atoms with Crippen molar-refractivity contribution in [3.63, 3.8) is 0 Å². The summed E-state index contributed by atoms with van der Waals surface area (Å²) in [5, 5.41) is 24.1. The Kier molecular flexibility index (Phi) is 7.86. The lowest BCUT2D eigenvalue weighted by Gasteiger charge is -2.39. The minimum absolute atomic E-state index is 0.0833. The number of aryl methyl sites for hydroxylation is 1. The number of nitrogens with one attached hydrogen (secondary N) is 1. The second-order valence-electron chi connectivity index (χ2n) is 8.62. The fourth-order valence-electron chi connectivity index (χ4n) is 5.13. The summed E-state index contributed by atoms with van der Waals surface area (Å²) < 4.78 is 4.96. The molecule has 2 fully saturated rings. The SMILES string of the molecule is COC(=O)C(CCc1ccccc1)NC(C)C(O)N1C(C(=O)O)CC2CCCCC21. The molecule has 6 unspecified atom stereocenters. The van der Waals surface area contributed by atoms with Crippen molar-refractivity contribution in [1.82, 2.24) is 10.2 Å². The van der Waals surface area contributed by atoms with E-state index in [1.54, 1.807) is 11.8 Å². The largest absolute Gasteiger partial charge is 0.480 e. The van der Waals surface area contributed by atoms with Crippen molar-refractivity contribution in [3.05, 3.63) is 35.9 Å². The Balaban J connectivity index is 1.68. The van der Waals surface area contributed by atoms with Crippen molar-refractivity contribution < 1.29 is 24.5 Å². The van der Waals surface area contributed by atoms with Crippen LogP contribution in [-0.4, -0.2) is 64.6 Å². The standard InChI is InChI=1S/C23H34N2O5/c1-15(24-18(23(29)30-2)13-12-16-8-4-3-5-9-16)21(26)25-19-11-7-6-10-17(19)14-20(25)22(27)28/h3-5,8-9,15,17-21,24,26H,6-7,10-14H2,1-2H3,(H,27,28). The maximum Gasteiger partial charge on any atom is 0.322 e. The van der Waals surface area contributed by atoms with E-state index in [1.807, 2.05) is 30.3 Å². The smallest absolute Gasteiger partial charge is 0.322 e. The minimum Gasteiger partial charge on any atom is -0.480 e. The Hall–Kier alpha value is -1.96. The van der Waals surface area contributed by atoms with Gasteiger partial charge in [0, 0.05) is 12.1 Å². The second kappa shape index (κ2) is 10.4. The topological polar surface area (TPSA) is 99.1 Å². The van der Waals surface area contributed by atoms with Gasteiger partial charge < -0.3 is 14.9 Å². The Labute approximate surface area is 178 Å². The molecule has 0 amide bonds. The molecule has 6 atom stereocenters. The highest BCUT2D eigenvalue weighted by molar-refractivity contribution is 5.75. The minimum atomic E-state index is -0.983. The molecule has 30 heavy (non-hydrogen) atoms. The number of methoxy groups -OCH3 is 1. The number of carbonyl (C=O) groups is 2. The van der Waals surface area contributed by atoms with Gasteiger partial charge in [-0.05, 0) is 50.5 Å². The Morgan fingerprint density at radius 2 is 1.93 bits per heavy atom. The molecule has 2 aliphatic rings. The number of nitrogens with zero attached hydrogens (tertiary/aromatic N) is 1. The molecule has 1 aliphatic heterocycles. The van der Waals surface area contributed by atoms with Gasteiger partial charge in [-0.1, -0.05) is 43.2 Å². The average molecular weight is 419 g/mol. The predicted octanol–water partition coefficient (Wildman–Crippen LogP) is 2.17. The molecule has 3 N–H and O–H groups in total. The van der Waals surface area contributed by atoms with E-state index in [-0.39, 0.29) is 12.0 Å². The fourth-order valence-corrected chi connectivity index (χ4v) is 5.13. The van der Waals surface area contributed by atoms with Gasteiger partial charge in [0.15, 0.2) is 0 Å². The second-order valence-corrected chi connectivity index (χ2v) is 8.62. The first kappa shape index (κ1) is 22.7. The van der Waals surface area contributed by atoms with Crippen LogP contribution in [0, 0.1) is 5.92 Å². The molecule has 1 heterocycles. The number of hydrogen-bond donors (Lipinski definition) is 3. The van der Waals surface area contributed by atoms with Gasteiger partial charge in [-0.2, -0.15) is 0 Å². The molecule has 0 spiro atoms. The Morgan fingerprint density at radius 1 is 1.23 bits per heavy atom. The summed E-state index contributed by atoms with van der Waals surface area (Å²) in [5.74, 6) is -0.947.